The standard InChI is InChI=1S/C16H27NO3/c1-8-20-14(19)17-10-13(18)12(9-15(17,4)5)16(6,7)11(2)3/h12H,2,8-10H2,1,3-7H3. The van der Waals surface area contributed by atoms with Crippen molar-refractivity contribution in [1.29, 1.82) is 0 Å². The molecule has 1 heterocycles. The molecule has 0 spiro atoms. The van der Waals surface area contributed by atoms with Crippen LogP contribution in [0.15, 0.2) is 12.2 Å². The van der Waals surface area contributed by atoms with E-state index in [9.17, 15) is 9.59 Å². The molecule has 0 saturated carbocycles. The summed E-state index contributed by atoms with van der Waals surface area (Å²) in [5.41, 5.74) is 0.350. The van der Waals surface area contributed by atoms with Gasteiger partial charge in [0.05, 0.1) is 13.2 Å². The Kier molecular flexibility index (Phi) is 4.67. The summed E-state index contributed by atoms with van der Waals surface area (Å²) in [4.78, 5) is 26.0. The van der Waals surface area contributed by atoms with E-state index in [0.29, 0.717) is 13.0 Å². The van der Waals surface area contributed by atoms with Crippen molar-refractivity contribution in [3.8, 4) is 0 Å². The van der Waals surface area contributed by atoms with Gasteiger partial charge in [-0.2, -0.15) is 0 Å². The van der Waals surface area contributed by atoms with Gasteiger partial charge in [0, 0.05) is 11.5 Å². The average Bonchev–Trinajstić information content (AvgIpc) is 2.31. The first-order valence-electron chi connectivity index (χ1n) is 7.17. The Bertz CT molecular complexity index is 423. The van der Waals surface area contributed by atoms with Crippen molar-refractivity contribution in [2.24, 2.45) is 11.3 Å². The lowest BCUT2D eigenvalue weighted by Gasteiger charge is -2.48. The Morgan fingerprint density at radius 1 is 1.50 bits per heavy atom. The number of ether oxygens (including phenoxy) is 1. The SMILES string of the molecule is C=C(C)C(C)(C)C1CC(C)(C)N(C(=O)OCC)CC1=O. The summed E-state index contributed by atoms with van der Waals surface area (Å²) in [5, 5.41) is 0. The summed E-state index contributed by atoms with van der Waals surface area (Å²) < 4.78 is 5.05. The molecule has 1 rings (SSSR count). The fourth-order valence-electron chi connectivity index (χ4n) is 2.67. The first-order chi connectivity index (χ1) is 9.04. The molecule has 4 nitrogen and oxygen atoms in total. The van der Waals surface area contributed by atoms with Crippen molar-refractivity contribution in [1.82, 2.24) is 4.90 Å². The van der Waals surface area contributed by atoms with E-state index in [2.05, 4.69) is 6.58 Å². The minimum atomic E-state index is -0.405. The van der Waals surface area contributed by atoms with Crippen molar-refractivity contribution in [2.75, 3.05) is 13.2 Å². The summed E-state index contributed by atoms with van der Waals surface area (Å²) in [6.45, 7) is 16.2. The molecular weight excluding hydrogens is 254 g/mol. The third-order valence-corrected chi connectivity index (χ3v) is 4.60. The predicted molar refractivity (Wildman–Crippen MR) is 79.5 cm³/mol. The molecular formula is C16H27NO3. The van der Waals surface area contributed by atoms with Gasteiger partial charge in [0.25, 0.3) is 0 Å². The number of likely N-dealkylation sites (tertiary alicyclic amines) is 1. The Morgan fingerprint density at radius 3 is 2.50 bits per heavy atom. The number of carbonyl (C=O) groups excluding carboxylic acids is 2. The normalized spacial score (nSPS) is 22.6. The zero-order valence-electron chi connectivity index (χ0n) is 13.6. The lowest BCUT2D eigenvalue weighted by Crippen LogP contribution is -2.58. The maximum Gasteiger partial charge on any atom is 0.410 e. The Labute approximate surface area is 122 Å². The van der Waals surface area contributed by atoms with Crippen LogP contribution in [0.3, 0.4) is 0 Å². The molecule has 0 radical (unpaired) electrons. The van der Waals surface area contributed by atoms with E-state index in [1.165, 1.54) is 0 Å². The molecule has 0 aliphatic carbocycles. The number of amides is 1. The number of allylic oxidation sites excluding steroid dienone is 1. The summed E-state index contributed by atoms with van der Waals surface area (Å²) in [6, 6.07) is 0. The molecule has 1 fully saturated rings. The molecule has 0 bridgehead atoms. The minimum absolute atomic E-state index is 0.0883. The number of hydrogen-bond acceptors (Lipinski definition) is 3. The summed E-state index contributed by atoms with van der Waals surface area (Å²) in [7, 11) is 0. The van der Waals surface area contributed by atoms with Gasteiger partial charge in [-0.3, -0.25) is 9.69 Å². The van der Waals surface area contributed by atoms with Crippen molar-refractivity contribution in [3.63, 3.8) is 0 Å². The largest absolute Gasteiger partial charge is 0.450 e. The van der Waals surface area contributed by atoms with Crippen LogP contribution in [0, 0.1) is 11.3 Å². The van der Waals surface area contributed by atoms with Crippen LogP contribution in [0.4, 0.5) is 4.79 Å². The van der Waals surface area contributed by atoms with E-state index < -0.39 is 11.6 Å². The molecule has 0 aromatic carbocycles. The van der Waals surface area contributed by atoms with Gasteiger partial charge in [-0.15, -0.1) is 0 Å². The van der Waals surface area contributed by atoms with Gasteiger partial charge in [-0.25, -0.2) is 4.79 Å². The minimum Gasteiger partial charge on any atom is -0.450 e. The fourth-order valence-corrected chi connectivity index (χ4v) is 2.67. The van der Waals surface area contributed by atoms with Crippen LogP contribution in [0.1, 0.15) is 48.0 Å². The molecule has 0 aromatic rings. The molecule has 20 heavy (non-hydrogen) atoms. The van der Waals surface area contributed by atoms with Gasteiger partial charge in [0.2, 0.25) is 0 Å². The molecule has 4 heteroatoms. The van der Waals surface area contributed by atoms with Gasteiger partial charge >= 0.3 is 6.09 Å². The summed E-state index contributed by atoms with van der Waals surface area (Å²) >= 11 is 0. The van der Waals surface area contributed by atoms with Crippen molar-refractivity contribution in [3.05, 3.63) is 12.2 Å². The molecule has 114 valence electrons. The van der Waals surface area contributed by atoms with Crippen LogP contribution in [0.5, 0.6) is 0 Å². The average molecular weight is 281 g/mol. The third kappa shape index (κ3) is 3.05. The van der Waals surface area contributed by atoms with Crippen LogP contribution >= 0.6 is 0 Å². The number of carbonyl (C=O) groups is 2. The maximum absolute atomic E-state index is 12.5. The number of hydrogen-bond donors (Lipinski definition) is 0. The smallest absolute Gasteiger partial charge is 0.410 e. The lowest BCUT2D eigenvalue weighted by molar-refractivity contribution is -0.134. The van der Waals surface area contributed by atoms with E-state index >= 15 is 0 Å². The van der Waals surface area contributed by atoms with Crippen LogP contribution in [0.2, 0.25) is 0 Å². The second-order valence-electron chi connectivity index (χ2n) is 6.82. The molecule has 1 unspecified atom stereocenters. The van der Waals surface area contributed by atoms with Gasteiger partial charge in [0.1, 0.15) is 0 Å². The van der Waals surface area contributed by atoms with Crippen molar-refractivity contribution >= 4 is 11.9 Å². The highest BCUT2D eigenvalue weighted by molar-refractivity contribution is 5.88. The van der Waals surface area contributed by atoms with Crippen LogP contribution in [0.25, 0.3) is 0 Å². The van der Waals surface area contributed by atoms with Crippen molar-refractivity contribution in [2.45, 2.75) is 53.5 Å². The molecule has 1 aliphatic heterocycles. The van der Waals surface area contributed by atoms with E-state index in [1.54, 1.807) is 11.8 Å². The molecule has 0 N–H and O–H groups in total. The van der Waals surface area contributed by atoms with E-state index in [4.69, 9.17) is 4.74 Å². The summed E-state index contributed by atoms with van der Waals surface area (Å²) in [6.07, 6.45) is 0.224. The van der Waals surface area contributed by atoms with E-state index in [-0.39, 0.29) is 23.7 Å². The first kappa shape index (κ1) is 16.7. The van der Waals surface area contributed by atoms with Gasteiger partial charge in [0.15, 0.2) is 5.78 Å². The van der Waals surface area contributed by atoms with Gasteiger partial charge in [-0.1, -0.05) is 26.0 Å². The van der Waals surface area contributed by atoms with Crippen LogP contribution < -0.4 is 0 Å². The number of ketones is 1. The lowest BCUT2D eigenvalue weighted by atomic mass is 9.65. The summed E-state index contributed by atoms with van der Waals surface area (Å²) in [5.74, 6) is -0.0222. The van der Waals surface area contributed by atoms with Crippen LogP contribution in [-0.2, 0) is 9.53 Å². The van der Waals surface area contributed by atoms with E-state index in [0.717, 1.165) is 5.57 Å². The molecule has 1 aliphatic rings. The Morgan fingerprint density at radius 2 is 2.05 bits per heavy atom. The monoisotopic (exact) mass is 281 g/mol. The highest BCUT2D eigenvalue weighted by Gasteiger charge is 2.48. The molecule has 1 atom stereocenters. The molecule has 0 aromatic heterocycles. The zero-order chi connectivity index (χ0) is 15.7. The van der Waals surface area contributed by atoms with E-state index in [1.807, 2.05) is 34.6 Å². The maximum atomic E-state index is 12.5. The first-order valence-corrected chi connectivity index (χ1v) is 7.17. The highest BCUT2D eigenvalue weighted by Crippen LogP contribution is 2.43. The van der Waals surface area contributed by atoms with Crippen LogP contribution in [-0.4, -0.2) is 35.5 Å². The Hall–Kier alpha value is -1.32. The predicted octanol–water partition coefficient (Wildman–Crippen LogP) is 3.41. The number of piperidine rings is 1. The Balaban J connectivity index is 3.01. The second-order valence-corrected chi connectivity index (χ2v) is 6.82. The highest BCUT2D eigenvalue weighted by atomic mass is 16.6. The second kappa shape index (κ2) is 5.58. The third-order valence-electron chi connectivity index (χ3n) is 4.60. The van der Waals surface area contributed by atoms with Gasteiger partial charge in [-0.05, 0) is 39.5 Å². The van der Waals surface area contributed by atoms with Gasteiger partial charge < -0.3 is 4.74 Å². The number of Topliss-reactive ketones (excluding diaryl/α,β-unsaturated/α-hetero) is 1. The fraction of sp³-hybridized carbons (Fsp3) is 0.750. The molecule has 1 saturated heterocycles. The zero-order valence-corrected chi connectivity index (χ0v) is 13.6. The topological polar surface area (TPSA) is 46.6 Å². The quantitative estimate of drug-likeness (QED) is 0.745. The number of nitrogens with zero attached hydrogens (tertiary/aromatic N) is 1. The molecule has 1 amide bonds. The number of rotatable bonds is 3. The van der Waals surface area contributed by atoms with Crippen molar-refractivity contribution < 1.29 is 14.3 Å².